The minimum Gasteiger partial charge on any atom is -0.394 e. The zero-order valence-electron chi connectivity index (χ0n) is 15.7. The van der Waals surface area contributed by atoms with Crippen LogP contribution in [-0.4, -0.2) is 80.8 Å². The van der Waals surface area contributed by atoms with Gasteiger partial charge in [0.25, 0.3) is 0 Å². The fraction of sp³-hybridized carbons (Fsp3) is 0.944. The van der Waals surface area contributed by atoms with E-state index < -0.39 is 43.4 Å². The Kier molecular flexibility index (Phi) is 10.8. The van der Waals surface area contributed by atoms with Gasteiger partial charge in [-0.1, -0.05) is 6.42 Å². The molecule has 7 atom stereocenters. The fourth-order valence-electron chi connectivity index (χ4n) is 3.02. The van der Waals surface area contributed by atoms with Crippen LogP contribution in [0.1, 0.15) is 58.8 Å². The maximum absolute atomic E-state index is 10.9. The van der Waals surface area contributed by atoms with Crippen molar-refractivity contribution < 1.29 is 39.8 Å². The number of rotatable bonds is 12. The molecule has 26 heavy (non-hydrogen) atoms. The third-order valence-electron chi connectivity index (χ3n) is 4.68. The van der Waals surface area contributed by atoms with Gasteiger partial charge in [-0.05, 0) is 46.0 Å². The average Bonchev–Trinajstić information content (AvgIpc) is 2.59. The predicted molar refractivity (Wildman–Crippen MR) is 93.3 cm³/mol. The number of unbranched alkanes of at least 4 members (excludes halogenated alkanes) is 1. The summed E-state index contributed by atoms with van der Waals surface area (Å²) in [5.41, 5.74) is 0. The Morgan fingerprint density at radius 1 is 1.04 bits per heavy atom. The highest BCUT2D eigenvalue weighted by Gasteiger charge is 2.44. The first-order valence-electron chi connectivity index (χ1n) is 9.39. The monoisotopic (exact) mass is 378 g/mol. The molecule has 1 aliphatic heterocycles. The highest BCUT2D eigenvalue weighted by Crippen LogP contribution is 2.24. The highest BCUT2D eigenvalue weighted by molar-refractivity contribution is 5.75. The number of hydrogen-bond acceptors (Lipinski definition) is 8. The molecule has 0 amide bonds. The smallest absolute Gasteiger partial charge is 0.186 e. The van der Waals surface area contributed by atoms with Crippen molar-refractivity contribution in [3.8, 4) is 0 Å². The second-order valence-corrected chi connectivity index (χ2v) is 7.18. The molecular weight excluding hydrogens is 344 g/mol. The number of carbonyl (C=O) groups excluding carboxylic acids is 1. The maximum atomic E-state index is 10.9. The third kappa shape index (κ3) is 7.96. The van der Waals surface area contributed by atoms with Crippen LogP contribution in [0.5, 0.6) is 0 Å². The van der Waals surface area contributed by atoms with Crippen LogP contribution in [0.15, 0.2) is 0 Å². The zero-order chi connectivity index (χ0) is 19.7. The molecule has 5 N–H and O–H groups in total. The summed E-state index contributed by atoms with van der Waals surface area (Å²) in [4.78, 5) is 10.9. The normalized spacial score (nSPS) is 31.6. The Bertz CT molecular complexity index is 403. The minimum absolute atomic E-state index is 0.165. The molecule has 0 aromatic rings. The van der Waals surface area contributed by atoms with Crippen molar-refractivity contribution in [2.75, 3.05) is 6.61 Å². The summed E-state index contributed by atoms with van der Waals surface area (Å²) >= 11 is 0. The Morgan fingerprint density at radius 3 is 2.31 bits per heavy atom. The van der Waals surface area contributed by atoms with E-state index in [9.17, 15) is 25.2 Å². The van der Waals surface area contributed by atoms with Crippen LogP contribution < -0.4 is 0 Å². The van der Waals surface area contributed by atoms with E-state index in [-0.39, 0.29) is 11.9 Å². The van der Waals surface area contributed by atoms with Crippen molar-refractivity contribution in [3.63, 3.8) is 0 Å². The lowest BCUT2D eigenvalue weighted by Gasteiger charge is -2.40. The number of carbonyl (C=O) groups is 1. The van der Waals surface area contributed by atoms with Crippen LogP contribution in [0.2, 0.25) is 0 Å². The van der Waals surface area contributed by atoms with E-state index in [1.807, 2.05) is 0 Å². The first-order valence-corrected chi connectivity index (χ1v) is 9.39. The van der Waals surface area contributed by atoms with Gasteiger partial charge in [-0.3, -0.25) is 0 Å². The lowest BCUT2D eigenvalue weighted by Crippen LogP contribution is -2.59. The first kappa shape index (κ1) is 23.4. The van der Waals surface area contributed by atoms with Gasteiger partial charge in [0.2, 0.25) is 0 Å². The molecule has 1 heterocycles. The van der Waals surface area contributed by atoms with Crippen LogP contribution in [0.25, 0.3) is 0 Å². The molecule has 1 aliphatic rings. The SMILES string of the molecule is CC(=O)CCCCC(O)CCCC(C)O[C@@H]1O[C@H](CO)[C@@H](O)[C@H](O)[C@H]1O. The molecular formula is C18H34O8. The summed E-state index contributed by atoms with van der Waals surface area (Å²) in [6.07, 6.45) is -2.29. The summed E-state index contributed by atoms with van der Waals surface area (Å²) < 4.78 is 10.9. The summed E-state index contributed by atoms with van der Waals surface area (Å²) in [7, 11) is 0. The van der Waals surface area contributed by atoms with E-state index >= 15 is 0 Å². The van der Waals surface area contributed by atoms with E-state index in [2.05, 4.69) is 0 Å². The number of ether oxygens (including phenoxy) is 2. The van der Waals surface area contributed by atoms with Gasteiger partial charge < -0.3 is 39.8 Å². The third-order valence-corrected chi connectivity index (χ3v) is 4.68. The van der Waals surface area contributed by atoms with Gasteiger partial charge in [-0.15, -0.1) is 0 Å². The van der Waals surface area contributed by atoms with E-state index in [0.717, 1.165) is 12.8 Å². The molecule has 154 valence electrons. The van der Waals surface area contributed by atoms with Crippen molar-refractivity contribution in [2.45, 2.75) is 102 Å². The van der Waals surface area contributed by atoms with Crippen molar-refractivity contribution >= 4 is 5.78 Å². The molecule has 0 aliphatic carbocycles. The van der Waals surface area contributed by atoms with Gasteiger partial charge in [-0.25, -0.2) is 0 Å². The molecule has 0 bridgehead atoms. The van der Waals surface area contributed by atoms with E-state index in [1.54, 1.807) is 13.8 Å². The van der Waals surface area contributed by atoms with Gasteiger partial charge in [0.05, 0.1) is 18.8 Å². The van der Waals surface area contributed by atoms with E-state index in [0.29, 0.717) is 32.1 Å². The van der Waals surface area contributed by atoms with Crippen LogP contribution in [0.3, 0.4) is 0 Å². The Morgan fingerprint density at radius 2 is 1.69 bits per heavy atom. The Labute approximate surface area is 154 Å². The van der Waals surface area contributed by atoms with Crippen LogP contribution >= 0.6 is 0 Å². The lowest BCUT2D eigenvalue weighted by molar-refractivity contribution is -0.310. The van der Waals surface area contributed by atoms with Crippen molar-refractivity contribution in [3.05, 3.63) is 0 Å². The predicted octanol–water partition coefficient (Wildman–Crippen LogP) is -0.128. The fourth-order valence-corrected chi connectivity index (χ4v) is 3.02. The molecule has 1 saturated heterocycles. The largest absolute Gasteiger partial charge is 0.394 e. The zero-order valence-corrected chi connectivity index (χ0v) is 15.7. The van der Waals surface area contributed by atoms with Crippen LogP contribution in [0, 0.1) is 0 Å². The van der Waals surface area contributed by atoms with Gasteiger partial charge in [0, 0.05) is 6.42 Å². The van der Waals surface area contributed by atoms with E-state index in [1.165, 1.54) is 0 Å². The molecule has 2 unspecified atom stereocenters. The molecule has 8 heteroatoms. The topological polar surface area (TPSA) is 137 Å². The van der Waals surface area contributed by atoms with Crippen LogP contribution in [-0.2, 0) is 14.3 Å². The summed E-state index contributed by atoms with van der Waals surface area (Å²) in [6, 6.07) is 0. The molecule has 0 spiro atoms. The number of aliphatic hydroxyl groups is 5. The van der Waals surface area contributed by atoms with Crippen LogP contribution in [0.4, 0.5) is 0 Å². The van der Waals surface area contributed by atoms with Gasteiger partial charge >= 0.3 is 0 Å². The second-order valence-electron chi connectivity index (χ2n) is 7.18. The number of ketones is 1. The molecule has 0 aromatic heterocycles. The maximum Gasteiger partial charge on any atom is 0.186 e. The number of hydrogen-bond donors (Lipinski definition) is 5. The Balaban J connectivity index is 2.24. The number of aliphatic hydroxyl groups excluding tert-OH is 5. The summed E-state index contributed by atoms with van der Waals surface area (Å²) in [5.74, 6) is 0.165. The van der Waals surface area contributed by atoms with Gasteiger partial charge in [-0.2, -0.15) is 0 Å². The molecule has 1 rings (SSSR count). The van der Waals surface area contributed by atoms with E-state index in [4.69, 9.17) is 14.6 Å². The van der Waals surface area contributed by atoms with Gasteiger partial charge in [0.1, 0.15) is 30.2 Å². The first-order chi connectivity index (χ1) is 12.3. The number of Topliss-reactive ketones (excluding diaryl/α,β-unsaturated/α-hetero) is 1. The molecule has 0 aromatic carbocycles. The lowest BCUT2D eigenvalue weighted by atomic mass is 9.99. The second kappa shape index (κ2) is 12.0. The molecule has 0 saturated carbocycles. The Hall–Kier alpha value is -0.610. The average molecular weight is 378 g/mol. The quantitative estimate of drug-likeness (QED) is 0.296. The van der Waals surface area contributed by atoms with Gasteiger partial charge in [0.15, 0.2) is 6.29 Å². The van der Waals surface area contributed by atoms with Crippen molar-refractivity contribution in [1.82, 2.24) is 0 Å². The molecule has 1 fully saturated rings. The highest BCUT2D eigenvalue weighted by atomic mass is 16.7. The molecule has 0 radical (unpaired) electrons. The summed E-state index contributed by atoms with van der Waals surface area (Å²) in [6.45, 7) is 2.86. The molecule has 8 nitrogen and oxygen atoms in total. The van der Waals surface area contributed by atoms with Crippen molar-refractivity contribution in [1.29, 1.82) is 0 Å². The summed E-state index contributed by atoms with van der Waals surface area (Å²) in [5, 5.41) is 48.5. The minimum atomic E-state index is -1.45. The standard InChI is InChI=1S/C18H34O8/c1-11(20)6-3-4-8-13(21)9-5-7-12(2)25-18-17(24)16(23)15(22)14(10-19)26-18/h12-19,21-24H,3-10H2,1-2H3/t12?,13?,14-,15-,16+,17-,18-/m1/s1. The van der Waals surface area contributed by atoms with Crippen molar-refractivity contribution in [2.24, 2.45) is 0 Å².